The molecule has 1 aromatic carbocycles. The number of anilines is 1. The van der Waals surface area contributed by atoms with Crippen molar-refractivity contribution in [1.82, 2.24) is 5.32 Å². The zero-order valence-corrected chi connectivity index (χ0v) is 11.8. The first-order valence-corrected chi connectivity index (χ1v) is 6.61. The number of aliphatic hydroxyl groups is 1. The van der Waals surface area contributed by atoms with Crippen molar-refractivity contribution < 1.29 is 19.1 Å². The highest BCUT2D eigenvalue weighted by Gasteiger charge is 2.11. The molecule has 2 rings (SSSR count). The second kappa shape index (κ2) is 7.76. The molecule has 0 bridgehead atoms. The lowest BCUT2D eigenvalue weighted by molar-refractivity contribution is 0.149. The van der Waals surface area contributed by atoms with E-state index in [1.54, 1.807) is 36.4 Å². The Morgan fingerprint density at radius 3 is 2.77 bits per heavy atom. The number of terminal acetylenes is 1. The number of amides is 2. The predicted octanol–water partition coefficient (Wildman–Crippen LogP) is 2.15. The van der Waals surface area contributed by atoms with E-state index in [0.29, 0.717) is 17.2 Å². The number of furan rings is 1. The Balaban J connectivity index is 1.78. The Bertz CT molecular complexity index is 629. The largest absolute Gasteiger partial charge is 0.481 e. The van der Waals surface area contributed by atoms with Crippen LogP contribution in [-0.2, 0) is 0 Å². The third-order valence-electron chi connectivity index (χ3n) is 2.76. The van der Waals surface area contributed by atoms with Crippen LogP contribution in [0.5, 0.6) is 5.75 Å². The van der Waals surface area contributed by atoms with Crippen LogP contribution in [-0.4, -0.2) is 24.3 Å². The van der Waals surface area contributed by atoms with Crippen LogP contribution in [0, 0.1) is 12.3 Å². The van der Waals surface area contributed by atoms with Gasteiger partial charge in [-0.25, -0.2) is 4.79 Å². The van der Waals surface area contributed by atoms with Crippen LogP contribution >= 0.6 is 0 Å². The highest BCUT2D eigenvalue weighted by atomic mass is 16.5. The minimum absolute atomic E-state index is 0.0444. The van der Waals surface area contributed by atoms with Gasteiger partial charge < -0.3 is 24.9 Å². The van der Waals surface area contributed by atoms with Crippen molar-refractivity contribution in [2.24, 2.45) is 0 Å². The maximum atomic E-state index is 11.7. The smallest absolute Gasteiger partial charge is 0.319 e. The maximum absolute atomic E-state index is 11.7. The number of ether oxygens (including phenoxy) is 1. The van der Waals surface area contributed by atoms with Crippen molar-refractivity contribution in [2.45, 2.75) is 6.10 Å². The summed E-state index contributed by atoms with van der Waals surface area (Å²) in [5.74, 6) is 3.39. The van der Waals surface area contributed by atoms with Gasteiger partial charge in [0.05, 0.1) is 12.8 Å². The number of carbonyl (C=O) groups excluding carboxylic acids is 1. The van der Waals surface area contributed by atoms with Crippen molar-refractivity contribution in [3.8, 4) is 18.1 Å². The summed E-state index contributed by atoms with van der Waals surface area (Å²) in [7, 11) is 0. The number of benzene rings is 1. The Kier molecular flexibility index (Phi) is 5.46. The average molecular weight is 300 g/mol. The molecule has 0 radical (unpaired) electrons. The van der Waals surface area contributed by atoms with Crippen molar-refractivity contribution in [1.29, 1.82) is 0 Å². The molecule has 6 nitrogen and oxygen atoms in total. The van der Waals surface area contributed by atoms with Gasteiger partial charge in [0.1, 0.15) is 24.2 Å². The van der Waals surface area contributed by atoms with Crippen LogP contribution < -0.4 is 15.4 Å². The molecule has 3 N–H and O–H groups in total. The molecule has 114 valence electrons. The summed E-state index contributed by atoms with van der Waals surface area (Å²) in [4.78, 5) is 11.7. The van der Waals surface area contributed by atoms with Crippen LogP contribution in [0.4, 0.5) is 10.5 Å². The lowest BCUT2D eigenvalue weighted by Gasteiger charge is -2.11. The van der Waals surface area contributed by atoms with Gasteiger partial charge in [-0.05, 0) is 36.4 Å². The molecular formula is C16H16N2O4. The molecule has 0 aliphatic carbocycles. The molecule has 6 heteroatoms. The fourth-order valence-corrected chi connectivity index (χ4v) is 1.71. The minimum Gasteiger partial charge on any atom is -0.481 e. The average Bonchev–Trinajstić information content (AvgIpc) is 3.06. The van der Waals surface area contributed by atoms with E-state index < -0.39 is 12.1 Å². The van der Waals surface area contributed by atoms with Crippen molar-refractivity contribution >= 4 is 11.7 Å². The summed E-state index contributed by atoms with van der Waals surface area (Å²) in [6, 6.07) is 9.66. The van der Waals surface area contributed by atoms with E-state index in [0.717, 1.165) is 0 Å². The van der Waals surface area contributed by atoms with E-state index in [2.05, 4.69) is 16.6 Å². The van der Waals surface area contributed by atoms with Gasteiger partial charge >= 0.3 is 6.03 Å². The van der Waals surface area contributed by atoms with Gasteiger partial charge in [-0.15, -0.1) is 6.42 Å². The normalized spacial score (nSPS) is 11.3. The molecule has 2 amide bonds. The highest BCUT2D eigenvalue weighted by molar-refractivity contribution is 5.89. The van der Waals surface area contributed by atoms with Gasteiger partial charge in [0.2, 0.25) is 0 Å². The van der Waals surface area contributed by atoms with Crippen LogP contribution in [0.25, 0.3) is 0 Å². The summed E-state index contributed by atoms with van der Waals surface area (Å²) < 4.78 is 10.3. The monoisotopic (exact) mass is 300 g/mol. The van der Waals surface area contributed by atoms with Crippen LogP contribution in [0.1, 0.15) is 11.9 Å². The van der Waals surface area contributed by atoms with Crippen LogP contribution in [0.2, 0.25) is 0 Å². The predicted molar refractivity (Wildman–Crippen MR) is 81.5 cm³/mol. The summed E-state index contributed by atoms with van der Waals surface area (Å²) >= 11 is 0. The SMILES string of the molecule is C#CCOc1ccc(NC(=O)NCC(O)c2ccco2)cc1. The number of urea groups is 1. The molecule has 0 aliphatic rings. The molecule has 1 unspecified atom stereocenters. The van der Waals surface area contributed by atoms with Crippen molar-refractivity contribution in [2.75, 3.05) is 18.5 Å². The van der Waals surface area contributed by atoms with Gasteiger partial charge in [0, 0.05) is 5.69 Å². The standard InChI is InChI=1S/C16H16N2O4/c1-2-9-21-13-7-5-12(6-8-13)18-16(20)17-11-14(19)15-4-3-10-22-15/h1,3-8,10,14,19H,9,11H2,(H2,17,18,20). The summed E-state index contributed by atoms with van der Waals surface area (Å²) in [5.41, 5.74) is 0.595. The van der Waals surface area contributed by atoms with E-state index in [4.69, 9.17) is 15.6 Å². The number of hydrogen-bond acceptors (Lipinski definition) is 4. The van der Waals surface area contributed by atoms with Crippen LogP contribution in [0.3, 0.4) is 0 Å². The topological polar surface area (TPSA) is 83.7 Å². The molecule has 22 heavy (non-hydrogen) atoms. The molecule has 2 aromatic rings. The number of nitrogens with one attached hydrogen (secondary N) is 2. The molecule has 1 atom stereocenters. The number of aliphatic hydroxyl groups excluding tert-OH is 1. The molecule has 0 fully saturated rings. The van der Waals surface area contributed by atoms with Gasteiger partial charge in [0.15, 0.2) is 0 Å². The fraction of sp³-hybridized carbons (Fsp3) is 0.188. The summed E-state index contributed by atoms with van der Waals surface area (Å²) in [6.07, 6.45) is 5.67. The van der Waals surface area contributed by atoms with Gasteiger partial charge in [0.25, 0.3) is 0 Å². The first-order valence-electron chi connectivity index (χ1n) is 6.61. The Morgan fingerprint density at radius 2 is 2.14 bits per heavy atom. The molecule has 0 spiro atoms. The molecule has 0 saturated carbocycles. The highest BCUT2D eigenvalue weighted by Crippen LogP contribution is 2.15. The van der Waals surface area contributed by atoms with E-state index in [1.165, 1.54) is 6.26 Å². The van der Waals surface area contributed by atoms with E-state index in [1.807, 2.05) is 0 Å². The van der Waals surface area contributed by atoms with E-state index >= 15 is 0 Å². The van der Waals surface area contributed by atoms with Crippen molar-refractivity contribution in [3.63, 3.8) is 0 Å². The third-order valence-corrected chi connectivity index (χ3v) is 2.76. The fourth-order valence-electron chi connectivity index (χ4n) is 1.71. The zero-order valence-electron chi connectivity index (χ0n) is 11.8. The second-order valence-corrected chi connectivity index (χ2v) is 4.38. The zero-order chi connectivity index (χ0) is 15.8. The Labute approximate surface area is 128 Å². The third kappa shape index (κ3) is 4.58. The number of hydrogen-bond donors (Lipinski definition) is 3. The van der Waals surface area contributed by atoms with Gasteiger partial charge in [-0.1, -0.05) is 5.92 Å². The van der Waals surface area contributed by atoms with Crippen LogP contribution in [0.15, 0.2) is 47.1 Å². The molecular weight excluding hydrogens is 284 g/mol. The minimum atomic E-state index is -0.889. The number of rotatable bonds is 6. The lowest BCUT2D eigenvalue weighted by Crippen LogP contribution is -2.32. The Hall–Kier alpha value is -2.91. The molecule has 0 aliphatic heterocycles. The van der Waals surface area contributed by atoms with E-state index in [9.17, 15) is 9.90 Å². The quantitative estimate of drug-likeness (QED) is 0.714. The second-order valence-electron chi connectivity index (χ2n) is 4.38. The van der Waals surface area contributed by atoms with E-state index in [-0.39, 0.29) is 13.2 Å². The molecule has 0 saturated heterocycles. The first kappa shape index (κ1) is 15.5. The van der Waals surface area contributed by atoms with Gasteiger partial charge in [-0.3, -0.25) is 0 Å². The van der Waals surface area contributed by atoms with Gasteiger partial charge in [-0.2, -0.15) is 0 Å². The lowest BCUT2D eigenvalue weighted by atomic mass is 10.3. The number of carbonyl (C=O) groups is 1. The molecule has 1 heterocycles. The Morgan fingerprint density at radius 1 is 1.36 bits per heavy atom. The first-order chi connectivity index (χ1) is 10.7. The van der Waals surface area contributed by atoms with Crippen molar-refractivity contribution in [3.05, 3.63) is 48.4 Å². The summed E-state index contributed by atoms with van der Waals surface area (Å²) in [6.45, 7) is 0.237. The molecule has 1 aromatic heterocycles. The maximum Gasteiger partial charge on any atom is 0.319 e. The summed E-state index contributed by atoms with van der Waals surface area (Å²) in [5, 5.41) is 15.0.